The van der Waals surface area contributed by atoms with Crippen molar-refractivity contribution < 1.29 is 27.2 Å². The number of nitrogens with one attached hydrogen (secondary N) is 2. The number of rotatable bonds is 4. The average molecular weight is 487 g/mol. The molecule has 0 radical (unpaired) electrons. The van der Waals surface area contributed by atoms with Crippen molar-refractivity contribution in [1.29, 1.82) is 0 Å². The Morgan fingerprint density at radius 1 is 1.26 bits per heavy atom. The smallest absolute Gasteiger partial charge is 0.408 e. The van der Waals surface area contributed by atoms with E-state index in [9.17, 15) is 22.8 Å². The van der Waals surface area contributed by atoms with Crippen molar-refractivity contribution >= 4 is 29.3 Å². The summed E-state index contributed by atoms with van der Waals surface area (Å²) in [7, 11) is 0. The topological polar surface area (TPSA) is 116 Å². The van der Waals surface area contributed by atoms with E-state index in [1.54, 1.807) is 18.2 Å². The molecule has 0 unspecified atom stereocenters. The number of anilines is 3. The number of halogens is 3. The van der Waals surface area contributed by atoms with Gasteiger partial charge in [-0.25, -0.2) is 19.7 Å². The highest BCUT2D eigenvalue weighted by Gasteiger charge is 2.41. The minimum Gasteiger partial charge on any atom is -0.444 e. The maximum atomic E-state index is 13.3. The first-order valence-corrected chi connectivity index (χ1v) is 10.8. The van der Waals surface area contributed by atoms with Gasteiger partial charge in [0.1, 0.15) is 17.6 Å². The second-order valence-electron chi connectivity index (χ2n) is 8.26. The van der Waals surface area contributed by atoms with Gasteiger partial charge in [-0.2, -0.15) is 13.2 Å². The van der Waals surface area contributed by atoms with Gasteiger partial charge in [-0.05, 0) is 37.6 Å². The molecule has 13 heteroatoms. The van der Waals surface area contributed by atoms with Crippen LogP contribution in [0.5, 0.6) is 0 Å². The molecular formula is C22H20F3N7O3. The SMILES string of the molecule is C[C@@H](NC(=O)c1ccc2c(n1)N(C(=O)Nc1cc(-c3cnco3)ccn1)[C@H]1CCN2C1)C(F)(F)F. The maximum Gasteiger partial charge on any atom is 0.408 e. The second-order valence-corrected chi connectivity index (χ2v) is 8.26. The van der Waals surface area contributed by atoms with Crippen LogP contribution in [-0.2, 0) is 0 Å². The predicted molar refractivity (Wildman–Crippen MR) is 119 cm³/mol. The Bertz CT molecular complexity index is 1270. The monoisotopic (exact) mass is 487 g/mol. The maximum absolute atomic E-state index is 13.3. The minimum atomic E-state index is -4.59. The molecule has 0 spiro atoms. The lowest BCUT2D eigenvalue weighted by Gasteiger charge is -2.35. The summed E-state index contributed by atoms with van der Waals surface area (Å²) in [6.07, 6.45) is 0.414. The molecule has 182 valence electrons. The molecule has 10 nitrogen and oxygen atoms in total. The molecule has 2 atom stereocenters. The highest BCUT2D eigenvalue weighted by molar-refractivity contribution is 6.05. The van der Waals surface area contributed by atoms with E-state index < -0.39 is 24.2 Å². The number of hydrogen-bond donors (Lipinski definition) is 2. The highest BCUT2D eigenvalue weighted by Crippen LogP contribution is 2.39. The van der Waals surface area contributed by atoms with Crippen molar-refractivity contribution in [3.8, 4) is 11.3 Å². The number of alkyl halides is 3. The number of hydrogen-bond acceptors (Lipinski definition) is 7. The Morgan fingerprint density at radius 3 is 2.83 bits per heavy atom. The third-order valence-corrected chi connectivity index (χ3v) is 5.95. The van der Waals surface area contributed by atoms with E-state index >= 15 is 0 Å². The van der Waals surface area contributed by atoms with Crippen LogP contribution in [0.15, 0.2) is 47.5 Å². The molecule has 35 heavy (non-hydrogen) atoms. The van der Waals surface area contributed by atoms with E-state index in [2.05, 4.69) is 20.3 Å². The first-order chi connectivity index (χ1) is 16.7. The van der Waals surface area contributed by atoms with Crippen LogP contribution in [0.25, 0.3) is 11.3 Å². The van der Waals surface area contributed by atoms with Gasteiger partial charge in [0.05, 0.1) is 17.9 Å². The number of oxazole rings is 1. The number of pyridine rings is 2. The number of aromatic nitrogens is 3. The highest BCUT2D eigenvalue weighted by atomic mass is 19.4. The number of fused-ring (bicyclic) bond motifs is 4. The number of amides is 3. The molecule has 2 aliphatic rings. The molecule has 3 amide bonds. The Labute approximate surface area is 197 Å². The molecule has 2 bridgehead atoms. The molecule has 2 N–H and O–H groups in total. The van der Waals surface area contributed by atoms with Crippen LogP contribution in [0.2, 0.25) is 0 Å². The fraction of sp³-hybridized carbons (Fsp3) is 0.318. The molecule has 3 aromatic rings. The third kappa shape index (κ3) is 4.36. The molecule has 3 aromatic heterocycles. The molecule has 0 saturated carbocycles. The van der Waals surface area contributed by atoms with Crippen LogP contribution in [-0.4, -0.2) is 58.2 Å². The summed E-state index contributed by atoms with van der Waals surface area (Å²) in [5.74, 6) is -0.0101. The Balaban J connectivity index is 1.42. The Kier molecular flexibility index (Phi) is 5.53. The number of carbonyl (C=O) groups excluding carboxylic acids is 2. The van der Waals surface area contributed by atoms with Gasteiger partial charge in [0.2, 0.25) is 0 Å². The summed E-state index contributed by atoms with van der Waals surface area (Å²) in [5, 5.41) is 4.65. The van der Waals surface area contributed by atoms with Crippen molar-refractivity contribution in [2.24, 2.45) is 0 Å². The summed E-state index contributed by atoms with van der Waals surface area (Å²) in [6, 6.07) is 3.49. The molecule has 0 aromatic carbocycles. The van der Waals surface area contributed by atoms with Crippen LogP contribution >= 0.6 is 0 Å². The Hall–Kier alpha value is -4.16. The van der Waals surface area contributed by atoms with E-state index in [0.717, 1.165) is 6.92 Å². The molecular weight excluding hydrogens is 467 g/mol. The van der Waals surface area contributed by atoms with Gasteiger partial charge in [-0.15, -0.1) is 0 Å². The van der Waals surface area contributed by atoms with E-state index in [0.29, 0.717) is 36.5 Å². The van der Waals surface area contributed by atoms with E-state index in [1.165, 1.54) is 29.8 Å². The summed E-state index contributed by atoms with van der Waals surface area (Å²) in [4.78, 5) is 41.6. The first kappa shape index (κ1) is 22.6. The first-order valence-electron chi connectivity index (χ1n) is 10.8. The van der Waals surface area contributed by atoms with Crippen molar-refractivity contribution in [2.75, 3.05) is 28.2 Å². The lowest BCUT2D eigenvalue weighted by Crippen LogP contribution is -2.49. The molecule has 0 aliphatic carbocycles. The van der Waals surface area contributed by atoms with Crippen LogP contribution in [0.1, 0.15) is 23.8 Å². The van der Waals surface area contributed by atoms with Crippen molar-refractivity contribution in [2.45, 2.75) is 31.6 Å². The zero-order valence-corrected chi connectivity index (χ0v) is 18.4. The van der Waals surface area contributed by atoms with Gasteiger partial charge >= 0.3 is 12.2 Å². The summed E-state index contributed by atoms with van der Waals surface area (Å²) in [6.45, 7) is 2.10. The number of carbonyl (C=O) groups is 2. The predicted octanol–water partition coefficient (Wildman–Crippen LogP) is 3.44. The molecule has 5 heterocycles. The van der Waals surface area contributed by atoms with Gasteiger partial charge in [-0.3, -0.25) is 15.0 Å². The van der Waals surface area contributed by atoms with Crippen molar-refractivity contribution in [3.63, 3.8) is 0 Å². The lowest BCUT2D eigenvalue weighted by molar-refractivity contribution is -0.149. The summed E-state index contributed by atoms with van der Waals surface area (Å²) >= 11 is 0. The van der Waals surface area contributed by atoms with Gasteiger partial charge in [0.15, 0.2) is 18.0 Å². The number of urea groups is 1. The largest absolute Gasteiger partial charge is 0.444 e. The second kappa shape index (κ2) is 8.56. The molecule has 1 saturated heterocycles. The molecule has 1 fully saturated rings. The molecule has 2 aliphatic heterocycles. The fourth-order valence-corrected chi connectivity index (χ4v) is 4.13. The van der Waals surface area contributed by atoms with Crippen LogP contribution in [0, 0.1) is 0 Å². The van der Waals surface area contributed by atoms with Crippen molar-refractivity contribution in [3.05, 3.63) is 48.7 Å². The third-order valence-electron chi connectivity index (χ3n) is 5.95. The van der Waals surface area contributed by atoms with Gasteiger partial charge in [-0.1, -0.05) is 0 Å². The van der Waals surface area contributed by atoms with Crippen LogP contribution < -0.4 is 20.4 Å². The zero-order chi connectivity index (χ0) is 24.7. The quantitative estimate of drug-likeness (QED) is 0.579. The Morgan fingerprint density at radius 2 is 2.09 bits per heavy atom. The number of nitrogens with zero attached hydrogens (tertiary/aromatic N) is 5. The van der Waals surface area contributed by atoms with Crippen LogP contribution in [0.4, 0.5) is 35.3 Å². The fourth-order valence-electron chi connectivity index (χ4n) is 4.13. The van der Waals surface area contributed by atoms with E-state index in [-0.39, 0.29) is 23.4 Å². The zero-order valence-electron chi connectivity index (χ0n) is 18.4. The summed E-state index contributed by atoms with van der Waals surface area (Å²) < 4.78 is 43.9. The summed E-state index contributed by atoms with van der Waals surface area (Å²) in [5.41, 5.74) is 1.07. The lowest BCUT2D eigenvalue weighted by atomic mass is 10.1. The normalized spacial score (nSPS) is 17.7. The standard InChI is InChI=1S/C22H20F3N7O3/c1-12(22(23,24)25)28-20(33)15-2-3-16-19(29-15)32(14-5-7-31(16)10-14)21(34)30-18-8-13(4-6-27-18)17-9-26-11-35-17/h2-4,6,8-9,11-12,14H,5,7,10H2,1H3,(H,28,33)(H,27,30,34)/t12-,14+/m1/s1. The van der Waals surface area contributed by atoms with Gasteiger partial charge in [0, 0.05) is 24.8 Å². The van der Waals surface area contributed by atoms with Gasteiger partial charge in [0.25, 0.3) is 5.91 Å². The van der Waals surface area contributed by atoms with Gasteiger partial charge < -0.3 is 14.6 Å². The van der Waals surface area contributed by atoms with E-state index in [4.69, 9.17) is 4.42 Å². The molecule has 5 rings (SSSR count). The van der Waals surface area contributed by atoms with E-state index in [1.807, 2.05) is 10.2 Å². The van der Waals surface area contributed by atoms with Crippen molar-refractivity contribution in [1.82, 2.24) is 20.3 Å². The minimum absolute atomic E-state index is 0.204. The van der Waals surface area contributed by atoms with Crippen LogP contribution in [0.3, 0.4) is 0 Å². The average Bonchev–Trinajstić information content (AvgIpc) is 3.50.